The maximum absolute atomic E-state index is 11.9. The number of carbonyl (C=O) groups excluding carboxylic acids is 1. The van der Waals surface area contributed by atoms with E-state index < -0.39 is 4.92 Å². The third-order valence-corrected chi connectivity index (χ3v) is 3.83. The van der Waals surface area contributed by atoms with Gasteiger partial charge in [-0.2, -0.15) is 0 Å². The van der Waals surface area contributed by atoms with E-state index in [4.69, 9.17) is 10.5 Å². The maximum Gasteiger partial charge on any atom is 0.409 e. The lowest BCUT2D eigenvalue weighted by Crippen LogP contribution is -2.49. The standard InChI is InChI=1S/C15H22N4O4/c1-2-3-10-23-15(20)18-8-6-17(7-9-18)12-4-5-14(19(21)22)13(16)11-12/h4-5,11H,2-3,6-10,16H2,1H3. The van der Waals surface area contributed by atoms with E-state index in [9.17, 15) is 14.9 Å². The number of anilines is 2. The molecule has 2 rings (SSSR count). The second-order valence-corrected chi connectivity index (χ2v) is 5.44. The molecular weight excluding hydrogens is 300 g/mol. The highest BCUT2D eigenvalue weighted by Crippen LogP contribution is 2.27. The first-order valence-corrected chi connectivity index (χ1v) is 7.73. The summed E-state index contributed by atoms with van der Waals surface area (Å²) < 4.78 is 5.20. The summed E-state index contributed by atoms with van der Waals surface area (Å²) in [5.41, 5.74) is 6.60. The van der Waals surface area contributed by atoms with Gasteiger partial charge in [-0.15, -0.1) is 0 Å². The number of nitrogens with zero attached hydrogens (tertiary/aromatic N) is 3. The molecule has 0 radical (unpaired) electrons. The molecule has 0 spiro atoms. The number of hydrogen-bond acceptors (Lipinski definition) is 6. The lowest BCUT2D eigenvalue weighted by Gasteiger charge is -2.35. The minimum absolute atomic E-state index is 0.0908. The van der Waals surface area contributed by atoms with Crippen molar-refractivity contribution in [2.45, 2.75) is 19.8 Å². The van der Waals surface area contributed by atoms with Crippen molar-refractivity contribution >= 4 is 23.2 Å². The molecule has 0 saturated carbocycles. The van der Waals surface area contributed by atoms with Crippen LogP contribution in [0.25, 0.3) is 0 Å². The monoisotopic (exact) mass is 322 g/mol. The van der Waals surface area contributed by atoms with E-state index in [1.165, 1.54) is 6.07 Å². The molecule has 8 nitrogen and oxygen atoms in total. The minimum Gasteiger partial charge on any atom is -0.449 e. The molecule has 1 aromatic rings. The van der Waals surface area contributed by atoms with E-state index in [1.54, 1.807) is 17.0 Å². The third kappa shape index (κ3) is 4.24. The molecule has 0 atom stereocenters. The number of carbonyl (C=O) groups is 1. The van der Waals surface area contributed by atoms with Gasteiger partial charge in [-0.1, -0.05) is 13.3 Å². The molecule has 1 aromatic carbocycles. The van der Waals surface area contributed by atoms with Crippen LogP contribution in [0.15, 0.2) is 18.2 Å². The number of nitrogens with two attached hydrogens (primary N) is 1. The number of unbranched alkanes of at least 4 members (excludes halogenated alkanes) is 1. The van der Waals surface area contributed by atoms with Crippen molar-refractivity contribution in [1.82, 2.24) is 4.90 Å². The molecule has 8 heteroatoms. The minimum atomic E-state index is -0.497. The van der Waals surface area contributed by atoms with E-state index in [2.05, 4.69) is 4.90 Å². The van der Waals surface area contributed by atoms with Crippen molar-refractivity contribution in [1.29, 1.82) is 0 Å². The van der Waals surface area contributed by atoms with Crippen LogP contribution in [0.3, 0.4) is 0 Å². The number of benzene rings is 1. The maximum atomic E-state index is 11.9. The Morgan fingerprint density at radius 1 is 1.35 bits per heavy atom. The third-order valence-electron chi connectivity index (χ3n) is 3.83. The number of nitro benzene ring substituents is 1. The van der Waals surface area contributed by atoms with Crippen LogP contribution in [-0.2, 0) is 4.74 Å². The number of nitro groups is 1. The summed E-state index contributed by atoms with van der Waals surface area (Å²) in [4.78, 5) is 25.9. The van der Waals surface area contributed by atoms with E-state index >= 15 is 0 Å². The van der Waals surface area contributed by atoms with Crippen LogP contribution in [0.2, 0.25) is 0 Å². The molecule has 1 amide bonds. The van der Waals surface area contributed by atoms with Gasteiger partial charge in [-0.25, -0.2) is 4.79 Å². The fraction of sp³-hybridized carbons (Fsp3) is 0.533. The van der Waals surface area contributed by atoms with Crippen LogP contribution in [0.1, 0.15) is 19.8 Å². The molecule has 1 heterocycles. The fourth-order valence-corrected chi connectivity index (χ4v) is 2.45. The van der Waals surface area contributed by atoms with Gasteiger partial charge >= 0.3 is 6.09 Å². The number of piperazine rings is 1. The number of ether oxygens (including phenoxy) is 1. The van der Waals surface area contributed by atoms with Crippen LogP contribution in [0.5, 0.6) is 0 Å². The zero-order valence-electron chi connectivity index (χ0n) is 13.2. The van der Waals surface area contributed by atoms with Crippen molar-refractivity contribution in [3.63, 3.8) is 0 Å². The summed E-state index contributed by atoms with van der Waals surface area (Å²) in [6.07, 6.45) is 1.58. The summed E-state index contributed by atoms with van der Waals surface area (Å²) in [7, 11) is 0. The lowest BCUT2D eigenvalue weighted by atomic mass is 10.2. The smallest absolute Gasteiger partial charge is 0.409 e. The molecule has 126 valence electrons. The van der Waals surface area contributed by atoms with Gasteiger partial charge in [0.05, 0.1) is 11.5 Å². The molecule has 1 aliphatic rings. The molecule has 1 aliphatic heterocycles. The van der Waals surface area contributed by atoms with Crippen LogP contribution in [0, 0.1) is 10.1 Å². The van der Waals surface area contributed by atoms with Crippen molar-refractivity contribution in [2.75, 3.05) is 43.4 Å². The summed E-state index contributed by atoms with van der Waals surface area (Å²) in [5.74, 6) is 0. The molecular formula is C15H22N4O4. The van der Waals surface area contributed by atoms with E-state index in [0.29, 0.717) is 32.8 Å². The average Bonchev–Trinajstić information content (AvgIpc) is 2.54. The first-order chi connectivity index (χ1) is 11.0. The molecule has 2 N–H and O–H groups in total. The van der Waals surface area contributed by atoms with Gasteiger partial charge in [0.15, 0.2) is 0 Å². The Hall–Kier alpha value is -2.51. The molecule has 0 aliphatic carbocycles. The SMILES string of the molecule is CCCCOC(=O)N1CCN(c2ccc([N+](=O)[O-])c(N)c2)CC1. The van der Waals surface area contributed by atoms with Gasteiger partial charge in [0, 0.05) is 37.9 Å². The van der Waals surface area contributed by atoms with Gasteiger partial charge in [0.2, 0.25) is 0 Å². The predicted octanol–water partition coefficient (Wildman–Crippen LogP) is 2.24. The van der Waals surface area contributed by atoms with Gasteiger partial charge < -0.3 is 20.3 Å². The molecule has 0 unspecified atom stereocenters. The fourth-order valence-electron chi connectivity index (χ4n) is 2.45. The van der Waals surface area contributed by atoms with Gasteiger partial charge in [-0.05, 0) is 18.6 Å². The first-order valence-electron chi connectivity index (χ1n) is 7.73. The highest BCUT2D eigenvalue weighted by molar-refractivity contribution is 5.69. The molecule has 23 heavy (non-hydrogen) atoms. The molecule has 1 saturated heterocycles. The van der Waals surface area contributed by atoms with E-state index in [1.807, 2.05) is 6.92 Å². The Bertz CT molecular complexity index is 571. The number of amides is 1. The highest BCUT2D eigenvalue weighted by atomic mass is 16.6. The van der Waals surface area contributed by atoms with Crippen molar-refractivity contribution in [2.24, 2.45) is 0 Å². The Morgan fingerprint density at radius 3 is 2.61 bits per heavy atom. The quantitative estimate of drug-likeness (QED) is 0.386. The van der Waals surface area contributed by atoms with Gasteiger partial charge in [-0.3, -0.25) is 10.1 Å². The number of rotatable bonds is 5. The van der Waals surface area contributed by atoms with Gasteiger partial charge in [0.1, 0.15) is 5.69 Å². The van der Waals surface area contributed by atoms with Crippen molar-refractivity contribution in [3.8, 4) is 0 Å². The normalized spacial score (nSPS) is 14.7. The first kappa shape index (κ1) is 16.9. The molecule has 0 aromatic heterocycles. The Labute approximate surface area is 134 Å². The summed E-state index contributed by atoms with van der Waals surface area (Å²) >= 11 is 0. The lowest BCUT2D eigenvalue weighted by molar-refractivity contribution is -0.383. The van der Waals surface area contributed by atoms with Gasteiger partial charge in [0.25, 0.3) is 5.69 Å². The zero-order chi connectivity index (χ0) is 16.8. The summed E-state index contributed by atoms with van der Waals surface area (Å²) in [5, 5.41) is 10.8. The Kier molecular flexibility index (Phi) is 5.61. The van der Waals surface area contributed by atoms with Crippen molar-refractivity contribution < 1.29 is 14.5 Å². The van der Waals surface area contributed by atoms with E-state index in [0.717, 1.165) is 18.5 Å². The largest absolute Gasteiger partial charge is 0.449 e. The summed E-state index contributed by atoms with van der Waals surface area (Å²) in [6, 6.07) is 4.70. The van der Waals surface area contributed by atoms with E-state index in [-0.39, 0.29) is 17.5 Å². The highest BCUT2D eigenvalue weighted by Gasteiger charge is 2.23. The van der Waals surface area contributed by atoms with Crippen LogP contribution < -0.4 is 10.6 Å². The average molecular weight is 322 g/mol. The molecule has 1 fully saturated rings. The molecule has 0 bridgehead atoms. The topological polar surface area (TPSA) is 102 Å². The summed E-state index contributed by atoms with van der Waals surface area (Å²) in [6.45, 7) is 4.89. The van der Waals surface area contributed by atoms with Crippen LogP contribution >= 0.6 is 0 Å². The van der Waals surface area contributed by atoms with Crippen LogP contribution in [0.4, 0.5) is 21.9 Å². The Balaban J connectivity index is 1.90. The number of nitrogen functional groups attached to an aromatic ring is 1. The van der Waals surface area contributed by atoms with Crippen LogP contribution in [-0.4, -0.2) is 48.7 Å². The zero-order valence-corrected chi connectivity index (χ0v) is 13.2. The predicted molar refractivity (Wildman–Crippen MR) is 87.6 cm³/mol. The van der Waals surface area contributed by atoms with Crippen molar-refractivity contribution in [3.05, 3.63) is 28.3 Å². The second kappa shape index (κ2) is 7.66. The number of hydrogen-bond donors (Lipinski definition) is 1. The Morgan fingerprint density at radius 2 is 2.04 bits per heavy atom. The second-order valence-electron chi connectivity index (χ2n) is 5.44.